The first-order valence-electron chi connectivity index (χ1n) is 11.4. The number of amides is 1. The van der Waals surface area contributed by atoms with Crippen LogP contribution in [0.4, 0.5) is 16.2 Å². The van der Waals surface area contributed by atoms with Gasteiger partial charge in [-0.15, -0.1) is 0 Å². The minimum atomic E-state index is -0.518. The summed E-state index contributed by atoms with van der Waals surface area (Å²) in [4.78, 5) is 25.2. The van der Waals surface area contributed by atoms with Crippen LogP contribution in [0.15, 0.2) is 37.1 Å². The number of aromatic amines is 1. The molecule has 36 heavy (non-hydrogen) atoms. The number of hydrogen-bond acceptors (Lipinski definition) is 7. The number of piperazine rings is 1. The van der Waals surface area contributed by atoms with E-state index in [1.807, 2.05) is 37.1 Å². The second kappa shape index (κ2) is 9.59. The quantitative estimate of drug-likeness (QED) is 0.274. The summed E-state index contributed by atoms with van der Waals surface area (Å²) in [5.74, 6) is 0.241. The van der Waals surface area contributed by atoms with Crippen LogP contribution in [0.25, 0.3) is 32.9 Å². The van der Waals surface area contributed by atoms with E-state index in [0.29, 0.717) is 42.4 Å². The topological polar surface area (TPSA) is 90.0 Å². The van der Waals surface area contributed by atoms with Gasteiger partial charge >= 0.3 is 0 Å². The minimum Gasteiger partial charge on any atom is -0.352 e. The molecule has 1 saturated heterocycles. The van der Waals surface area contributed by atoms with Gasteiger partial charge in [-0.1, -0.05) is 36.2 Å². The lowest BCUT2D eigenvalue weighted by Gasteiger charge is -2.40. The number of aromatic nitrogens is 4. The number of nitrogens with one attached hydrogen (secondary N) is 2. The lowest BCUT2D eigenvalue weighted by atomic mass is 9.95. The van der Waals surface area contributed by atoms with E-state index in [0.717, 1.165) is 16.5 Å². The van der Waals surface area contributed by atoms with Crippen molar-refractivity contribution in [1.29, 1.82) is 0 Å². The van der Waals surface area contributed by atoms with E-state index < -0.39 is 5.82 Å². The largest absolute Gasteiger partial charge is 0.352 e. The Labute approximate surface area is 217 Å². The van der Waals surface area contributed by atoms with Crippen molar-refractivity contribution < 1.29 is 9.18 Å². The zero-order valence-corrected chi connectivity index (χ0v) is 21.7. The van der Waals surface area contributed by atoms with Gasteiger partial charge in [0.15, 0.2) is 5.82 Å². The summed E-state index contributed by atoms with van der Waals surface area (Å²) in [7, 11) is 0. The third-order valence-electron chi connectivity index (χ3n) is 6.52. The van der Waals surface area contributed by atoms with E-state index in [-0.39, 0.29) is 28.1 Å². The summed E-state index contributed by atoms with van der Waals surface area (Å²) in [6.45, 7) is 9.04. The van der Waals surface area contributed by atoms with Crippen molar-refractivity contribution in [3.8, 4) is 11.1 Å². The first-order valence-corrected chi connectivity index (χ1v) is 13.0. The maximum absolute atomic E-state index is 16.4. The summed E-state index contributed by atoms with van der Waals surface area (Å²) >= 11 is 8.10. The molecule has 3 heterocycles. The Morgan fingerprint density at radius 2 is 2.11 bits per heavy atom. The van der Waals surface area contributed by atoms with Gasteiger partial charge in [0.05, 0.1) is 16.7 Å². The lowest BCUT2D eigenvalue weighted by Crippen LogP contribution is -2.54. The van der Waals surface area contributed by atoms with E-state index >= 15 is 4.39 Å². The number of nitrogens with zero attached hydrogens (tertiary/aromatic N) is 5. The number of rotatable bonds is 5. The number of halogens is 2. The second-order valence-corrected chi connectivity index (χ2v) is 9.76. The Bertz CT molecular complexity index is 1510. The standard InChI is InChI=1S/C25H25ClFN7OS/c1-5-19(35)34-9-8-33(12-14(34)3)24-15-10-17(26)21(22(27)23(15)29-25(30-24)32-36-4)20-13(2)6-7-18-16(20)11-28-31-18/h5-7,10-11,14H,1,8-9,12H2,2-4H3,(H,28,31)(H,29,30,32). The fraction of sp³-hybridized carbons (Fsp3) is 0.280. The molecule has 8 nitrogen and oxygen atoms in total. The highest BCUT2D eigenvalue weighted by Crippen LogP contribution is 2.42. The molecule has 186 valence electrons. The molecular formula is C25H25ClFN7OS. The highest BCUT2D eigenvalue weighted by Gasteiger charge is 2.30. The number of H-pyrrole nitrogens is 1. The van der Waals surface area contributed by atoms with Crippen molar-refractivity contribution in [3.05, 3.63) is 53.5 Å². The van der Waals surface area contributed by atoms with Crippen LogP contribution in [0.2, 0.25) is 5.02 Å². The second-order valence-electron chi connectivity index (χ2n) is 8.74. The van der Waals surface area contributed by atoms with Gasteiger partial charge in [0.25, 0.3) is 0 Å². The van der Waals surface area contributed by atoms with Crippen molar-refractivity contribution in [2.45, 2.75) is 19.9 Å². The molecule has 0 bridgehead atoms. The molecule has 1 aliphatic heterocycles. The SMILES string of the molecule is C=CC(=O)N1CCN(c2nc(NSC)nc3c(F)c(-c4c(C)ccc5[nH]ncc45)c(Cl)cc23)CC1C. The Morgan fingerprint density at radius 3 is 2.83 bits per heavy atom. The zero-order valence-electron chi connectivity index (χ0n) is 20.1. The van der Waals surface area contributed by atoms with Crippen LogP contribution in [0.5, 0.6) is 0 Å². The molecule has 0 aliphatic carbocycles. The predicted molar refractivity (Wildman–Crippen MR) is 145 cm³/mol. The molecule has 1 fully saturated rings. The van der Waals surface area contributed by atoms with Crippen molar-refractivity contribution in [3.63, 3.8) is 0 Å². The van der Waals surface area contributed by atoms with Crippen molar-refractivity contribution >= 4 is 63.0 Å². The number of fused-ring (bicyclic) bond motifs is 2. The first-order chi connectivity index (χ1) is 17.3. The fourth-order valence-electron chi connectivity index (χ4n) is 4.84. The van der Waals surface area contributed by atoms with Gasteiger partial charge in [-0.05, 0) is 37.6 Å². The van der Waals surface area contributed by atoms with E-state index in [4.69, 9.17) is 16.6 Å². The molecule has 2 aromatic heterocycles. The molecule has 2 aromatic carbocycles. The molecule has 0 saturated carbocycles. The molecule has 0 radical (unpaired) electrons. The van der Waals surface area contributed by atoms with Crippen molar-refractivity contribution in [2.24, 2.45) is 0 Å². The molecule has 0 spiro atoms. The smallest absolute Gasteiger partial charge is 0.246 e. The van der Waals surface area contributed by atoms with E-state index in [9.17, 15) is 4.79 Å². The van der Waals surface area contributed by atoms with Crippen LogP contribution in [-0.2, 0) is 4.79 Å². The van der Waals surface area contributed by atoms with Gasteiger partial charge in [-0.25, -0.2) is 9.37 Å². The summed E-state index contributed by atoms with van der Waals surface area (Å²) in [5, 5.41) is 8.62. The first kappa shape index (κ1) is 24.3. The van der Waals surface area contributed by atoms with Gasteiger partial charge in [0, 0.05) is 53.8 Å². The molecule has 1 aliphatic rings. The molecule has 1 atom stereocenters. The van der Waals surface area contributed by atoms with Crippen molar-refractivity contribution in [2.75, 3.05) is 35.5 Å². The highest BCUT2D eigenvalue weighted by molar-refractivity contribution is 7.99. The maximum Gasteiger partial charge on any atom is 0.246 e. The zero-order chi connectivity index (χ0) is 25.6. The lowest BCUT2D eigenvalue weighted by molar-refractivity contribution is -0.128. The summed E-state index contributed by atoms with van der Waals surface area (Å²) < 4.78 is 19.4. The van der Waals surface area contributed by atoms with Gasteiger partial charge < -0.3 is 9.80 Å². The normalized spacial score (nSPS) is 16.1. The Kier molecular flexibility index (Phi) is 6.48. The Morgan fingerprint density at radius 1 is 1.31 bits per heavy atom. The number of aryl methyl sites for hydroxylation is 1. The van der Waals surface area contributed by atoms with E-state index in [1.165, 1.54) is 18.0 Å². The van der Waals surface area contributed by atoms with Crippen LogP contribution in [-0.4, -0.2) is 62.9 Å². The molecule has 1 amide bonds. The molecule has 11 heteroatoms. The van der Waals surface area contributed by atoms with Gasteiger partial charge in [0.1, 0.15) is 11.3 Å². The monoisotopic (exact) mass is 525 g/mol. The molecular weight excluding hydrogens is 501 g/mol. The fourth-order valence-corrected chi connectivity index (χ4v) is 5.40. The molecule has 2 N–H and O–H groups in total. The van der Waals surface area contributed by atoms with Crippen LogP contribution in [0.1, 0.15) is 12.5 Å². The summed E-state index contributed by atoms with van der Waals surface area (Å²) in [5.41, 5.74) is 2.80. The summed E-state index contributed by atoms with van der Waals surface area (Å²) in [6, 6.07) is 5.48. The van der Waals surface area contributed by atoms with E-state index in [2.05, 4.69) is 26.5 Å². The van der Waals surface area contributed by atoms with Crippen LogP contribution >= 0.6 is 23.5 Å². The Hall–Kier alpha value is -3.37. The molecule has 5 rings (SSSR count). The number of hydrogen-bond donors (Lipinski definition) is 2. The highest BCUT2D eigenvalue weighted by atomic mass is 35.5. The number of anilines is 2. The van der Waals surface area contributed by atoms with Crippen LogP contribution in [0.3, 0.4) is 0 Å². The predicted octanol–water partition coefficient (Wildman–Crippen LogP) is 5.19. The van der Waals surface area contributed by atoms with Crippen LogP contribution < -0.4 is 9.62 Å². The Balaban J connectivity index is 1.69. The van der Waals surface area contributed by atoms with Crippen LogP contribution in [0, 0.1) is 12.7 Å². The number of carbonyl (C=O) groups is 1. The van der Waals surface area contributed by atoms with Gasteiger partial charge in [-0.2, -0.15) is 10.1 Å². The maximum atomic E-state index is 16.4. The average molecular weight is 526 g/mol. The number of benzene rings is 2. The van der Waals surface area contributed by atoms with Gasteiger partial charge in [-0.3, -0.25) is 14.6 Å². The van der Waals surface area contributed by atoms with Crippen molar-refractivity contribution in [1.82, 2.24) is 25.1 Å². The van der Waals surface area contributed by atoms with E-state index in [1.54, 1.807) is 17.2 Å². The molecule has 1 unspecified atom stereocenters. The summed E-state index contributed by atoms with van der Waals surface area (Å²) in [6.07, 6.45) is 4.85. The van der Waals surface area contributed by atoms with Gasteiger partial charge in [0.2, 0.25) is 11.9 Å². The average Bonchev–Trinajstić information content (AvgIpc) is 3.34. The molecule has 4 aromatic rings. The minimum absolute atomic E-state index is 0.0767. The third kappa shape index (κ3) is 4.04. The number of carbonyl (C=O) groups excluding carboxylic acids is 1. The third-order valence-corrected chi connectivity index (χ3v) is 7.21.